The molecule has 0 radical (unpaired) electrons. The molecule has 3 aromatic heterocycles. The third-order valence-corrected chi connectivity index (χ3v) is 10.9. The van der Waals surface area contributed by atoms with E-state index in [1.54, 1.807) is 0 Å². The summed E-state index contributed by atoms with van der Waals surface area (Å²) < 4.78 is 2.33. The molecule has 0 aliphatic heterocycles. The molecule has 12 rings (SSSR count). The van der Waals surface area contributed by atoms with Crippen LogP contribution in [0.25, 0.3) is 116 Å². The Morgan fingerprint density at radius 1 is 0.340 bits per heavy atom. The number of benzene rings is 8. The van der Waals surface area contributed by atoms with Crippen LogP contribution in [0.15, 0.2) is 164 Å². The molecule has 0 saturated carbocycles. The molecule has 0 amide bonds. The van der Waals surface area contributed by atoms with Gasteiger partial charge in [0, 0.05) is 38.7 Å². The molecule has 0 bridgehead atoms. The van der Waals surface area contributed by atoms with Crippen LogP contribution in [0.3, 0.4) is 0 Å². The average Bonchev–Trinajstić information content (AvgIpc) is 3.74. The molecule has 8 aromatic carbocycles. The van der Waals surface area contributed by atoms with Gasteiger partial charge in [-0.1, -0.05) is 121 Å². The Balaban J connectivity index is 1.09. The summed E-state index contributed by atoms with van der Waals surface area (Å²) in [5, 5.41) is 10.6. The van der Waals surface area contributed by atoms with Crippen LogP contribution in [0.4, 0.5) is 0 Å². The largest absolute Gasteiger partial charge is 0.309 e. The van der Waals surface area contributed by atoms with Gasteiger partial charge >= 0.3 is 0 Å². The van der Waals surface area contributed by atoms with E-state index in [-0.39, 0.29) is 0 Å². The standard InChI is InChI=1S/C48H27N5/c1-2-12-30(13-3-1)53-41-21-11-10-18-36(41)40-27-29(23-25-42(40)53)47-50-45-38-20-9-8-19-37(38)44-43(45)48(52-47)51-46(49-44)28-22-24-35-33-16-5-4-14-31(33)32-15-6-7-17-34(32)39(35)26-28/h1-27H. The van der Waals surface area contributed by atoms with Crippen LogP contribution in [0.2, 0.25) is 0 Å². The summed E-state index contributed by atoms with van der Waals surface area (Å²) in [6.07, 6.45) is 0. The number of aromatic nitrogens is 5. The second-order valence-electron chi connectivity index (χ2n) is 13.8. The lowest BCUT2D eigenvalue weighted by Crippen LogP contribution is -1.98. The predicted octanol–water partition coefficient (Wildman–Crippen LogP) is 12.0. The normalized spacial score (nSPS) is 12.2. The summed E-state index contributed by atoms with van der Waals surface area (Å²) >= 11 is 0. The molecule has 1 aliphatic carbocycles. The summed E-state index contributed by atoms with van der Waals surface area (Å²) in [5.74, 6) is 1.30. The van der Waals surface area contributed by atoms with Gasteiger partial charge in [0.25, 0.3) is 0 Å². The molecule has 0 N–H and O–H groups in total. The first kappa shape index (κ1) is 28.5. The molecule has 1 aliphatic rings. The molecular weight excluding hydrogens is 647 g/mol. The van der Waals surface area contributed by atoms with Crippen molar-refractivity contribution < 1.29 is 0 Å². The zero-order chi connectivity index (χ0) is 34.6. The van der Waals surface area contributed by atoms with E-state index in [0.29, 0.717) is 17.3 Å². The van der Waals surface area contributed by atoms with Gasteiger partial charge in [-0.25, -0.2) is 19.9 Å². The first-order valence-electron chi connectivity index (χ1n) is 17.9. The number of rotatable bonds is 3. The smallest absolute Gasteiger partial charge is 0.168 e. The van der Waals surface area contributed by atoms with Gasteiger partial charge in [0.2, 0.25) is 0 Å². The molecule has 5 heteroatoms. The summed E-state index contributed by atoms with van der Waals surface area (Å²) in [6, 6.07) is 58.0. The molecule has 0 spiro atoms. The second-order valence-corrected chi connectivity index (χ2v) is 13.8. The van der Waals surface area contributed by atoms with Gasteiger partial charge in [0.05, 0.1) is 27.8 Å². The van der Waals surface area contributed by atoms with E-state index >= 15 is 0 Å². The van der Waals surface area contributed by atoms with Crippen LogP contribution in [0.1, 0.15) is 0 Å². The van der Waals surface area contributed by atoms with Crippen molar-refractivity contribution >= 4 is 65.2 Å². The SMILES string of the molecule is c1ccc(-n2c3ccccc3c3cc(-c4nc5c6c(nc(-c7ccc8c9ccccc9c9ccccc9c8c7)nc6n4)-c4ccccc4-5)ccc32)cc1. The number of hydrogen-bond acceptors (Lipinski definition) is 4. The highest BCUT2D eigenvalue weighted by atomic mass is 15.0. The van der Waals surface area contributed by atoms with Crippen molar-refractivity contribution in [1.82, 2.24) is 24.5 Å². The minimum atomic E-state index is 0.647. The zero-order valence-electron chi connectivity index (χ0n) is 28.3. The average molecular weight is 674 g/mol. The monoisotopic (exact) mass is 673 g/mol. The van der Waals surface area contributed by atoms with Crippen LogP contribution in [0, 0.1) is 0 Å². The molecule has 244 valence electrons. The van der Waals surface area contributed by atoms with Gasteiger partial charge in [-0.05, 0) is 74.8 Å². The molecule has 0 saturated heterocycles. The Morgan fingerprint density at radius 3 is 1.45 bits per heavy atom. The molecule has 11 aromatic rings. The maximum Gasteiger partial charge on any atom is 0.168 e. The predicted molar refractivity (Wildman–Crippen MR) is 217 cm³/mol. The van der Waals surface area contributed by atoms with E-state index in [1.165, 1.54) is 37.7 Å². The van der Waals surface area contributed by atoms with E-state index in [1.807, 2.05) is 0 Å². The lowest BCUT2D eigenvalue weighted by molar-refractivity contribution is 1.16. The minimum Gasteiger partial charge on any atom is -0.309 e. The number of para-hydroxylation sites is 2. The van der Waals surface area contributed by atoms with E-state index < -0.39 is 0 Å². The molecule has 0 fully saturated rings. The van der Waals surface area contributed by atoms with Crippen LogP contribution in [-0.4, -0.2) is 24.5 Å². The van der Waals surface area contributed by atoms with Crippen LogP contribution in [-0.2, 0) is 0 Å². The number of hydrogen-bond donors (Lipinski definition) is 0. The molecule has 3 heterocycles. The highest BCUT2D eigenvalue weighted by molar-refractivity contribution is 6.25. The Labute approximate surface area is 303 Å². The molecule has 5 nitrogen and oxygen atoms in total. The fraction of sp³-hybridized carbons (Fsp3) is 0. The van der Waals surface area contributed by atoms with Gasteiger partial charge < -0.3 is 4.57 Å². The molecular formula is C48H27N5. The first-order valence-corrected chi connectivity index (χ1v) is 17.9. The Morgan fingerprint density at radius 2 is 0.811 bits per heavy atom. The maximum atomic E-state index is 5.25. The number of fused-ring (bicyclic) bond motifs is 12. The molecule has 0 unspecified atom stereocenters. The van der Waals surface area contributed by atoms with Gasteiger partial charge in [-0.2, -0.15) is 0 Å². The highest BCUT2D eigenvalue weighted by Gasteiger charge is 2.28. The fourth-order valence-corrected chi connectivity index (χ4v) is 8.59. The zero-order valence-corrected chi connectivity index (χ0v) is 28.3. The first-order chi connectivity index (χ1) is 26.3. The Bertz CT molecular complexity index is 3310. The van der Waals surface area contributed by atoms with Crippen molar-refractivity contribution in [3.8, 4) is 51.0 Å². The Kier molecular flexibility index (Phi) is 5.71. The van der Waals surface area contributed by atoms with Crippen molar-refractivity contribution in [2.24, 2.45) is 0 Å². The van der Waals surface area contributed by atoms with Crippen molar-refractivity contribution in [2.75, 3.05) is 0 Å². The van der Waals surface area contributed by atoms with Gasteiger partial charge in [-0.3, -0.25) is 0 Å². The molecule has 53 heavy (non-hydrogen) atoms. The molecule has 0 atom stereocenters. The van der Waals surface area contributed by atoms with Crippen LogP contribution >= 0.6 is 0 Å². The number of nitrogens with zero attached hydrogens (tertiary/aromatic N) is 5. The van der Waals surface area contributed by atoms with Crippen molar-refractivity contribution in [2.45, 2.75) is 0 Å². The summed E-state index contributed by atoms with van der Waals surface area (Å²) in [4.78, 5) is 20.9. The summed E-state index contributed by atoms with van der Waals surface area (Å²) in [6.45, 7) is 0. The lowest BCUT2D eigenvalue weighted by atomic mass is 9.93. The third-order valence-electron chi connectivity index (χ3n) is 10.9. The van der Waals surface area contributed by atoms with Crippen LogP contribution < -0.4 is 0 Å². The van der Waals surface area contributed by atoms with E-state index in [2.05, 4.69) is 168 Å². The van der Waals surface area contributed by atoms with Crippen LogP contribution in [0.5, 0.6) is 0 Å². The topological polar surface area (TPSA) is 56.5 Å². The summed E-state index contributed by atoms with van der Waals surface area (Å²) in [5.41, 5.74) is 9.86. The minimum absolute atomic E-state index is 0.647. The van der Waals surface area contributed by atoms with Gasteiger partial charge in [0.15, 0.2) is 17.3 Å². The highest BCUT2D eigenvalue weighted by Crippen LogP contribution is 2.46. The Hall–Kier alpha value is -7.24. The van der Waals surface area contributed by atoms with Crippen molar-refractivity contribution in [1.29, 1.82) is 0 Å². The maximum absolute atomic E-state index is 5.25. The van der Waals surface area contributed by atoms with E-state index in [9.17, 15) is 0 Å². The van der Waals surface area contributed by atoms with E-state index in [4.69, 9.17) is 19.9 Å². The summed E-state index contributed by atoms with van der Waals surface area (Å²) in [7, 11) is 0. The second kappa shape index (κ2) is 10.6. The third kappa shape index (κ3) is 4.02. The fourth-order valence-electron chi connectivity index (χ4n) is 8.59. The lowest BCUT2D eigenvalue weighted by Gasteiger charge is -2.12. The van der Waals surface area contributed by atoms with Gasteiger partial charge in [-0.15, -0.1) is 0 Å². The van der Waals surface area contributed by atoms with Crippen molar-refractivity contribution in [3.05, 3.63) is 164 Å². The van der Waals surface area contributed by atoms with Crippen molar-refractivity contribution in [3.63, 3.8) is 0 Å². The van der Waals surface area contributed by atoms with E-state index in [0.717, 1.165) is 61.1 Å². The van der Waals surface area contributed by atoms with Gasteiger partial charge in [0.1, 0.15) is 0 Å². The quantitative estimate of drug-likeness (QED) is 0.175.